The van der Waals surface area contributed by atoms with E-state index in [1.54, 1.807) is 7.11 Å². The summed E-state index contributed by atoms with van der Waals surface area (Å²) in [7, 11) is 5.83. The Morgan fingerprint density at radius 1 is 1.35 bits per heavy atom. The molecule has 0 radical (unpaired) electrons. The Balaban J connectivity index is 2.60. The number of nitrogens with zero attached hydrogens (tertiary/aromatic N) is 1. The fourth-order valence-electron chi connectivity index (χ4n) is 2.08. The van der Waals surface area contributed by atoms with E-state index in [1.807, 2.05) is 26.0 Å². The minimum Gasteiger partial charge on any atom is -0.497 e. The van der Waals surface area contributed by atoms with E-state index in [1.165, 1.54) is 5.56 Å². The van der Waals surface area contributed by atoms with Crippen molar-refractivity contribution in [1.29, 1.82) is 0 Å². The van der Waals surface area contributed by atoms with E-state index in [4.69, 9.17) is 4.74 Å². The lowest BCUT2D eigenvalue weighted by atomic mass is 10.0. The van der Waals surface area contributed by atoms with Gasteiger partial charge in [-0.2, -0.15) is 0 Å². The third-order valence-electron chi connectivity index (χ3n) is 3.35. The van der Waals surface area contributed by atoms with Crippen molar-refractivity contribution in [3.8, 4) is 5.75 Å². The molecule has 0 saturated carbocycles. The molecule has 2 N–H and O–H groups in total. The molecule has 0 amide bonds. The summed E-state index contributed by atoms with van der Waals surface area (Å²) >= 11 is 0. The van der Waals surface area contributed by atoms with Crippen LogP contribution in [0.2, 0.25) is 0 Å². The van der Waals surface area contributed by atoms with Gasteiger partial charge in [0.15, 0.2) is 0 Å². The average Bonchev–Trinajstić information content (AvgIpc) is 2.37. The molecule has 1 rings (SSSR count). The van der Waals surface area contributed by atoms with E-state index in [0.717, 1.165) is 25.3 Å². The van der Waals surface area contributed by atoms with Crippen LogP contribution in [0.4, 0.5) is 0 Å². The van der Waals surface area contributed by atoms with E-state index >= 15 is 0 Å². The Kier molecular flexibility index (Phi) is 6.46. The first-order valence-electron chi connectivity index (χ1n) is 7.07. The quantitative estimate of drug-likeness (QED) is 0.715. The molecule has 0 aromatic heterocycles. The van der Waals surface area contributed by atoms with Crippen LogP contribution < -0.4 is 10.1 Å². The predicted octanol–water partition coefficient (Wildman–Crippen LogP) is 2.05. The molecule has 0 fully saturated rings. The number of nitrogens with one attached hydrogen (secondary N) is 1. The minimum atomic E-state index is -0.615. The zero-order valence-electron chi connectivity index (χ0n) is 13.3. The lowest BCUT2D eigenvalue weighted by Crippen LogP contribution is -2.34. The van der Waals surface area contributed by atoms with E-state index in [9.17, 15) is 5.11 Å². The Hall–Kier alpha value is -1.10. The van der Waals surface area contributed by atoms with Gasteiger partial charge in [-0.1, -0.05) is 12.1 Å². The molecule has 0 spiro atoms. The molecule has 114 valence electrons. The summed E-state index contributed by atoms with van der Waals surface area (Å²) in [6, 6.07) is 8.44. The number of hydrogen-bond donors (Lipinski definition) is 2. The fraction of sp³-hybridized carbons (Fsp3) is 0.625. The first-order valence-corrected chi connectivity index (χ1v) is 7.07. The molecule has 4 heteroatoms. The summed E-state index contributed by atoms with van der Waals surface area (Å²) in [4.78, 5) is 2.19. The summed E-state index contributed by atoms with van der Waals surface area (Å²) < 4.78 is 5.28. The van der Waals surface area contributed by atoms with Gasteiger partial charge in [0.1, 0.15) is 5.75 Å². The normalized spacial score (nSPS) is 13.6. The summed E-state index contributed by atoms with van der Waals surface area (Å²) in [6.07, 6.45) is 0.741. The molecule has 1 aromatic carbocycles. The van der Waals surface area contributed by atoms with E-state index in [2.05, 4.69) is 36.4 Å². The highest BCUT2D eigenvalue weighted by molar-refractivity contribution is 5.30. The average molecular weight is 280 g/mol. The van der Waals surface area contributed by atoms with Gasteiger partial charge in [-0.15, -0.1) is 0 Å². The van der Waals surface area contributed by atoms with Crippen LogP contribution in [0.25, 0.3) is 0 Å². The summed E-state index contributed by atoms with van der Waals surface area (Å²) in [5.74, 6) is 0.880. The first-order chi connectivity index (χ1) is 9.33. The molecule has 0 heterocycles. The highest BCUT2D eigenvalue weighted by atomic mass is 16.5. The number of rotatable bonds is 8. The third-order valence-corrected chi connectivity index (χ3v) is 3.35. The van der Waals surface area contributed by atoms with Crippen molar-refractivity contribution in [3.63, 3.8) is 0 Å². The van der Waals surface area contributed by atoms with Gasteiger partial charge in [0, 0.05) is 12.6 Å². The fourth-order valence-corrected chi connectivity index (χ4v) is 2.08. The van der Waals surface area contributed by atoms with Crippen LogP contribution in [0, 0.1) is 0 Å². The lowest BCUT2D eigenvalue weighted by Gasteiger charge is -2.26. The Morgan fingerprint density at radius 2 is 2.05 bits per heavy atom. The van der Waals surface area contributed by atoms with Crippen LogP contribution >= 0.6 is 0 Å². The molecule has 1 aromatic rings. The lowest BCUT2D eigenvalue weighted by molar-refractivity contribution is 0.0707. The highest BCUT2D eigenvalue weighted by Gasteiger charge is 2.16. The molecule has 1 atom stereocenters. The van der Waals surface area contributed by atoms with Gasteiger partial charge in [-0.25, -0.2) is 0 Å². The maximum atomic E-state index is 9.71. The molecule has 1 unspecified atom stereocenters. The van der Waals surface area contributed by atoms with Crippen molar-refractivity contribution in [1.82, 2.24) is 10.2 Å². The highest BCUT2D eigenvalue weighted by Crippen LogP contribution is 2.22. The predicted molar refractivity (Wildman–Crippen MR) is 83.2 cm³/mol. The van der Waals surface area contributed by atoms with Gasteiger partial charge in [-0.3, -0.25) is 0 Å². The number of aliphatic hydroxyl groups is 1. The second-order valence-electron chi connectivity index (χ2n) is 6.02. The van der Waals surface area contributed by atoms with Crippen LogP contribution in [-0.2, 0) is 0 Å². The van der Waals surface area contributed by atoms with Gasteiger partial charge in [0.2, 0.25) is 0 Å². The largest absolute Gasteiger partial charge is 0.497 e. The Labute approximate surface area is 122 Å². The smallest absolute Gasteiger partial charge is 0.119 e. The SMILES string of the molecule is COc1cccc(C(CNCCC(C)(C)O)N(C)C)c1. The van der Waals surface area contributed by atoms with Crippen molar-refractivity contribution in [3.05, 3.63) is 29.8 Å². The monoisotopic (exact) mass is 280 g/mol. The molecule has 0 aliphatic carbocycles. The van der Waals surface area contributed by atoms with Crippen molar-refractivity contribution in [2.75, 3.05) is 34.3 Å². The molecule has 20 heavy (non-hydrogen) atoms. The van der Waals surface area contributed by atoms with Gasteiger partial charge in [0.25, 0.3) is 0 Å². The van der Waals surface area contributed by atoms with Crippen LogP contribution in [0.15, 0.2) is 24.3 Å². The number of hydrogen-bond acceptors (Lipinski definition) is 4. The third kappa shape index (κ3) is 5.90. The first kappa shape index (κ1) is 17.0. The van der Waals surface area contributed by atoms with E-state index < -0.39 is 5.60 Å². The number of likely N-dealkylation sites (N-methyl/N-ethyl adjacent to an activating group) is 1. The topological polar surface area (TPSA) is 44.7 Å². The van der Waals surface area contributed by atoms with Crippen molar-refractivity contribution in [2.24, 2.45) is 0 Å². The van der Waals surface area contributed by atoms with Gasteiger partial charge in [-0.05, 0) is 58.6 Å². The van der Waals surface area contributed by atoms with Crippen LogP contribution in [0.3, 0.4) is 0 Å². The summed E-state index contributed by atoms with van der Waals surface area (Å²) in [6.45, 7) is 5.31. The maximum Gasteiger partial charge on any atom is 0.119 e. The Bertz CT molecular complexity index is 400. The molecule has 0 saturated heterocycles. The second kappa shape index (κ2) is 7.62. The van der Waals surface area contributed by atoms with Crippen molar-refractivity contribution < 1.29 is 9.84 Å². The zero-order valence-corrected chi connectivity index (χ0v) is 13.3. The van der Waals surface area contributed by atoms with Crippen molar-refractivity contribution >= 4 is 0 Å². The van der Waals surface area contributed by atoms with Crippen LogP contribution in [0.1, 0.15) is 31.9 Å². The molecule has 0 aliphatic rings. The summed E-state index contributed by atoms with van der Waals surface area (Å²) in [5.41, 5.74) is 0.612. The number of ether oxygens (including phenoxy) is 1. The number of methoxy groups -OCH3 is 1. The molecule has 4 nitrogen and oxygen atoms in total. The van der Waals surface area contributed by atoms with E-state index in [-0.39, 0.29) is 6.04 Å². The maximum absolute atomic E-state index is 9.71. The zero-order chi connectivity index (χ0) is 15.2. The summed E-state index contributed by atoms with van der Waals surface area (Å²) in [5, 5.41) is 13.1. The standard InChI is InChI=1S/C16H28N2O2/c1-16(2,19)9-10-17-12-15(18(3)4)13-7-6-8-14(11-13)20-5/h6-8,11,15,17,19H,9-10,12H2,1-5H3. The Morgan fingerprint density at radius 3 is 2.60 bits per heavy atom. The van der Waals surface area contributed by atoms with Gasteiger partial charge < -0.3 is 20.1 Å². The second-order valence-corrected chi connectivity index (χ2v) is 6.02. The van der Waals surface area contributed by atoms with Crippen LogP contribution in [-0.4, -0.2) is 49.9 Å². The minimum absolute atomic E-state index is 0.284. The van der Waals surface area contributed by atoms with E-state index in [0.29, 0.717) is 0 Å². The molecule has 0 bridgehead atoms. The molecular weight excluding hydrogens is 252 g/mol. The van der Waals surface area contributed by atoms with Gasteiger partial charge in [0.05, 0.1) is 12.7 Å². The van der Waals surface area contributed by atoms with Crippen LogP contribution in [0.5, 0.6) is 5.75 Å². The molecular formula is C16H28N2O2. The molecule has 0 aliphatic heterocycles. The van der Waals surface area contributed by atoms with Gasteiger partial charge >= 0.3 is 0 Å². The number of benzene rings is 1. The van der Waals surface area contributed by atoms with Crippen molar-refractivity contribution in [2.45, 2.75) is 31.9 Å².